The van der Waals surface area contributed by atoms with Crippen LogP contribution in [0.3, 0.4) is 0 Å². The van der Waals surface area contributed by atoms with Gasteiger partial charge in [-0.15, -0.1) is 0 Å². The van der Waals surface area contributed by atoms with Crippen LogP contribution in [0.1, 0.15) is 23.2 Å². The summed E-state index contributed by atoms with van der Waals surface area (Å²) in [6.07, 6.45) is 1.86. The van der Waals surface area contributed by atoms with Crippen LogP contribution < -0.4 is 0 Å². The second kappa shape index (κ2) is 5.27. The van der Waals surface area contributed by atoms with E-state index in [1.807, 2.05) is 0 Å². The first-order valence-electron chi connectivity index (χ1n) is 5.96. The third-order valence-corrected chi connectivity index (χ3v) is 3.21. The minimum atomic E-state index is -0.273. The van der Waals surface area contributed by atoms with E-state index in [4.69, 9.17) is 4.74 Å². The molecule has 0 aliphatic carbocycles. The summed E-state index contributed by atoms with van der Waals surface area (Å²) in [5.74, 6) is -0.418. The number of likely N-dealkylation sites (tertiary alicyclic amines) is 1. The molecular weight excluding hydrogens is 234 g/mol. The summed E-state index contributed by atoms with van der Waals surface area (Å²) in [6.45, 7) is 1.16. The van der Waals surface area contributed by atoms with Crippen molar-refractivity contribution in [1.82, 2.24) is 4.90 Å². The van der Waals surface area contributed by atoms with E-state index in [-0.39, 0.29) is 29.1 Å². The molecule has 1 aromatic carbocycles. The van der Waals surface area contributed by atoms with Crippen molar-refractivity contribution in [2.45, 2.75) is 18.9 Å². The Morgan fingerprint density at radius 3 is 2.94 bits per heavy atom. The SMILES string of the molecule is COC1CCCN(C(=O)c2cc(O)ccc2O)C1. The fraction of sp³-hybridized carbons (Fsp3) is 0.462. The van der Waals surface area contributed by atoms with E-state index in [0.29, 0.717) is 13.1 Å². The predicted octanol–water partition coefficient (Wildman–Crippen LogP) is 1.35. The lowest BCUT2D eigenvalue weighted by Crippen LogP contribution is -2.42. The summed E-state index contributed by atoms with van der Waals surface area (Å²) in [6, 6.07) is 3.95. The summed E-state index contributed by atoms with van der Waals surface area (Å²) >= 11 is 0. The Labute approximate surface area is 106 Å². The quantitative estimate of drug-likeness (QED) is 0.778. The van der Waals surface area contributed by atoms with E-state index in [9.17, 15) is 15.0 Å². The molecule has 1 amide bonds. The van der Waals surface area contributed by atoms with Gasteiger partial charge in [0.05, 0.1) is 11.7 Å². The van der Waals surface area contributed by atoms with E-state index < -0.39 is 0 Å². The van der Waals surface area contributed by atoms with Gasteiger partial charge in [-0.1, -0.05) is 0 Å². The zero-order valence-corrected chi connectivity index (χ0v) is 10.3. The molecule has 1 unspecified atom stereocenters. The van der Waals surface area contributed by atoms with Gasteiger partial charge in [-0.25, -0.2) is 0 Å². The third-order valence-electron chi connectivity index (χ3n) is 3.21. The molecule has 0 aromatic heterocycles. The average molecular weight is 251 g/mol. The Balaban J connectivity index is 2.17. The normalized spacial score (nSPS) is 19.8. The monoisotopic (exact) mass is 251 g/mol. The Bertz CT molecular complexity index is 447. The number of benzene rings is 1. The van der Waals surface area contributed by atoms with Crippen molar-refractivity contribution >= 4 is 5.91 Å². The number of piperidine rings is 1. The van der Waals surface area contributed by atoms with Crippen LogP contribution in [0.25, 0.3) is 0 Å². The Kier molecular flexibility index (Phi) is 3.72. The number of rotatable bonds is 2. The first-order valence-corrected chi connectivity index (χ1v) is 5.96. The molecule has 0 saturated carbocycles. The number of nitrogens with zero attached hydrogens (tertiary/aromatic N) is 1. The first-order chi connectivity index (χ1) is 8.61. The van der Waals surface area contributed by atoms with Crippen molar-refractivity contribution in [2.24, 2.45) is 0 Å². The fourth-order valence-corrected chi connectivity index (χ4v) is 2.18. The summed E-state index contributed by atoms with van der Waals surface area (Å²) in [4.78, 5) is 13.9. The highest BCUT2D eigenvalue weighted by Crippen LogP contribution is 2.25. The van der Waals surface area contributed by atoms with Gasteiger partial charge >= 0.3 is 0 Å². The molecule has 18 heavy (non-hydrogen) atoms. The van der Waals surface area contributed by atoms with E-state index in [0.717, 1.165) is 12.8 Å². The molecule has 1 saturated heterocycles. The van der Waals surface area contributed by atoms with Gasteiger partial charge in [0.2, 0.25) is 0 Å². The van der Waals surface area contributed by atoms with E-state index in [2.05, 4.69) is 0 Å². The third kappa shape index (κ3) is 2.56. The number of carbonyl (C=O) groups excluding carboxylic acids is 1. The minimum absolute atomic E-state index is 0.0311. The average Bonchev–Trinajstić information content (AvgIpc) is 2.41. The molecule has 1 aliphatic rings. The van der Waals surface area contributed by atoms with E-state index >= 15 is 0 Å². The standard InChI is InChI=1S/C13H17NO4/c1-18-10-3-2-6-14(8-10)13(17)11-7-9(15)4-5-12(11)16/h4-5,7,10,15-16H,2-3,6,8H2,1H3. The molecule has 0 radical (unpaired) electrons. The first kappa shape index (κ1) is 12.7. The second-order valence-corrected chi connectivity index (χ2v) is 4.45. The minimum Gasteiger partial charge on any atom is -0.508 e. The Hall–Kier alpha value is -1.75. The Morgan fingerprint density at radius 2 is 2.22 bits per heavy atom. The fourth-order valence-electron chi connectivity index (χ4n) is 2.18. The zero-order chi connectivity index (χ0) is 13.1. The van der Waals surface area contributed by atoms with Crippen molar-refractivity contribution < 1.29 is 19.7 Å². The highest BCUT2D eigenvalue weighted by Gasteiger charge is 2.25. The lowest BCUT2D eigenvalue weighted by Gasteiger charge is -2.32. The molecule has 5 heteroatoms. The van der Waals surface area contributed by atoms with Crippen LogP contribution in [0.5, 0.6) is 11.5 Å². The molecule has 1 heterocycles. The highest BCUT2D eigenvalue weighted by atomic mass is 16.5. The van der Waals surface area contributed by atoms with Crippen LogP contribution in [0, 0.1) is 0 Å². The summed E-state index contributed by atoms with van der Waals surface area (Å²) in [5, 5.41) is 19.0. The summed E-state index contributed by atoms with van der Waals surface area (Å²) in [5.41, 5.74) is 0.131. The molecule has 2 N–H and O–H groups in total. The van der Waals surface area contributed by atoms with Gasteiger partial charge in [-0.2, -0.15) is 0 Å². The van der Waals surface area contributed by atoms with Crippen LogP contribution >= 0.6 is 0 Å². The number of aromatic hydroxyl groups is 2. The van der Waals surface area contributed by atoms with Crippen molar-refractivity contribution in [1.29, 1.82) is 0 Å². The highest BCUT2D eigenvalue weighted by molar-refractivity contribution is 5.97. The van der Waals surface area contributed by atoms with Crippen molar-refractivity contribution in [2.75, 3.05) is 20.2 Å². The van der Waals surface area contributed by atoms with Crippen LogP contribution in [-0.2, 0) is 4.74 Å². The van der Waals surface area contributed by atoms with E-state index in [1.165, 1.54) is 18.2 Å². The summed E-state index contributed by atoms with van der Waals surface area (Å²) in [7, 11) is 1.63. The molecule has 1 aliphatic heterocycles. The van der Waals surface area contributed by atoms with Gasteiger partial charge in [0, 0.05) is 20.2 Å². The maximum absolute atomic E-state index is 12.2. The number of ether oxygens (including phenoxy) is 1. The van der Waals surface area contributed by atoms with Gasteiger partial charge in [0.15, 0.2) is 0 Å². The summed E-state index contributed by atoms with van der Waals surface area (Å²) < 4.78 is 5.26. The van der Waals surface area contributed by atoms with Crippen molar-refractivity contribution in [3.63, 3.8) is 0 Å². The maximum atomic E-state index is 12.2. The van der Waals surface area contributed by atoms with Crippen LogP contribution in [0.15, 0.2) is 18.2 Å². The number of phenolic OH excluding ortho intramolecular Hbond substituents is 2. The molecule has 0 bridgehead atoms. The van der Waals surface area contributed by atoms with Crippen LogP contribution in [0.4, 0.5) is 0 Å². The number of amides is 1. The number of hydrogen-bond donors (Lipinski definition) is 2. The van der Waals surface area contributed by atoms with Gasteiger partial charge in [-0.05, 0) is 31.0 Å². The number of phenols is 2. The number of hydrogen-bond acceptors (Lipinski definition) is 4. The van der Waals surface area contributed by atoms with Gasteiger partial charge in [0.25, 0.3) is 5.91 Å². The number of carbonyl (C=O) groups is 1. The molecule has 0 spiro atoms. The molecule has 5 nitrogen and oxygen atoms in total. The van der Waals surface area contributed by atoms with Crippen LogP contribution in [0.2, 0.25) is 0 Å². The molecule has 98 valence electrons. The van der Waals surface area contributed by atoms with E-state index in [1.54, 1.807) is 12.0 Å². The molecule has 2 rings (SSSR count). The molecular formula is C13H17NO4. The predicted molar refractivity (Wildman–Crippen MR) is 65.7 cm³/mol. The van der Waals surface area contributed by atoms with Gasteiger partial charge in [-0.3, -0.25) is 4.79 Å². The van der Waals surface area contributed by atoms with Gasteiger partial charge < -0.3 is 19.8 Å². The second-order valence-electron chi connectivity index (χ2n) is 4.45. The maximum Gasteiger partial charge on any atom is 0.257 e. The largest absolute Gasteiger partial charge is 0.508 e. The molecule has 1 fully saturated rings. The molecule has 1 atom stereocenters. The zero-order valence-electron chi connectivity index (χ0n) is 10.3. The van der Waals surface area contributed by atoms with Gasteiger partial charge in [0.1, 0.15) is 11.5 Å². The molecule has 1 aromatic rings. The Morgan fingerprint density at radius 1 is 1.44 bits per heavy atom. The van der Waals surface area contributed by atoms with Crippen LogP contribution in [-0.4, -0.2) is 47.3 Å². The lowest BCUT2D eigenvalue weighted by atomic mass is 10.1. The van der Waals surface area contributed by atoms with Crippen molar-refractivity contribution in [3.8, 4) is 11.5 Å². The smallest absolute Gasteiger partial charge is 0.257 e. The lowest BCUT2D eigenvalue weighted by molar-refractivity contribution is 0.0267. The van der Waals surface area contributed by atoms with Crippen molar-refractivity contribution in [3.05, 3.63) is 23.8 Å². The number of methoxy groups -OCH3 is 1. The topological polar surface area (TPSA) is 70.0 Å².